The van der Waals surface area contributed by atoms with Crippen molar-refractivity contribution in [2.24, 2.45) is 7.05 Å². The molecule has 16 heavy (non-hydrogen) atoms. The molecule has 3 heteroatoms. The molecule has 0 bridgehead atoms. The third-order valence-corrected chi connectivity index (χ3v) is 2.98. The molecular formula is C13H11NO2. The molecule has 1 heterocycles. The van der Waals surface area contributed by atoms with E-state index in [4.69, 9.17) is 0 Å². The van der Waals surface area contributed by atoms with Gasteiger partial charge in [0.05, 0.1) is 11.0 Å². The molecule has 2 aromatic carbocycles. The summed E-state index contributed by atoms with van der Waals surface area (Å²) in [5.74, 6) is 0.505. The number of rotatable bonds is 0. The molecule has 3 aromatic rings. The number of phenols is 2. The molecule has 3 nitrogen and oxygen atoms in total. The lowest BCUT2D eigenvalue weighted by atomic mass is 10.1. The van der Waals surface area contributed by atoms with Gasteiger partial charge in [0, 0.05) is 30.0 Å². The molecule has 0 saturated heterocycles. The number of aromatic hydroxyl groups is 2. The van der Waals surface area contributed by atoms with Gasteiger partial charge in [-0.25, -0.2) is 0 Å². The van der Waals surface area contributed by atoms with E-state index >= 15 is 0 Å². The molecule has 0 aliphatic heterocycles. The molecule has 1 aromatic heterocycles. The van der Waals surface area contributed by atoms with Gasteiger partial charge in [-0.2, -0.15) is 0 Å². The molecule has 0 aliphatic rings. The second-order valence-corrected chi connectivity index (χ2v) is 3.96. The summed E-state index contributed by atoms with van der Waals surface area (Å²) in [5, 5.41) is 21.1. The summed E-state index contributed by atoms with van der Waals surface area (Å²) in [4.78, 5) is 0. The zero-order chi connectivity index (χ0) is 11.3. The Morgan fingerprint density at radius 1 is 0.812 bits per heavy atom. The maximum absolute atomic E-state index is 9.47. The number of aromatic nitrogens is 1. The van der Waals surface area contributed by atoms with Crippen molar-refractivity contribution in [2.45, 2.75) is 0 Å². The molecule has 0 amide bonds. The minimum Gasteiger partial charge on any atom is -0.508 e. The Kier molecular flexibility index (Phi) is 1.66. The second kappa shape index (κ2) is 2.92. The van der Waals surface area contributed by atoms with Crippen LogP contribution in [-0.4, -0.2) is 14.8 Å². The first-order chi connectivity index (χ1) is 7.66. The molecular weight excluding hydrogens is 202 g/mol. The number of aryl methyl sites for hydroxylation is 1. The van der Waals surface area contributed by atoms with E-state index in [9.17, 15) is 10.2 Å². The third kappa shape index (κ3) is 1.08. The largest absolute Gasteiger partial charge is 0.508 e. The van der Waals surface area contributed by atoms with Crippen LogP contribution >= 0.6 is 0 Å². The number of nitrogens with zero attached hydrogens (tertiary/aromatic N) is 1. The van der Waals surface area contributed by atoms with Gasteiger partial charge in [0.15, 0.2) is 0 Å². The molecule has 0 spiro atoms. The zero-order valence-electron chi connectivity index (χ0n) is 8.81. The Bertz CT molecular complexity index is 639. The van der Waals surface area contributed by atoms with Crippen molar-refractivity contribution < 1.29 is 10.2 Å². The van der Waals surface area contributed by atoms with Gasteiger partial charge in [0.25, 0.3) is 0 Å². The maximum atomic E-state index is 9.47. The van der Waals surface area contributed by atoms with Crippen LogP contribution in [0.3, 0.4) is 0 Å². The standard InChI is InChI=1S/C13H11NO2/c1-14-12-6-8(15)2-4-10(12)11-5-3-9(16)7-13(11)14/h2-7,15-16H,1H3. The highest BCUT2D eigenvalue weighted by atomic mass is 16.3. The lowest BCUT2D eigenvalue weighted by Crippen LogP contribution is -1.85. The lowest BCUT2D eigenvalue weighted by Gasteiger charge is -1.98. The van der Waals surface area contributed by atoms with Crippen LogP contribution in [0.1, 0.15) is 0 Å². The van der Waals surface area contributed by atoms with Gasteiger partial charge in [-0.3, -0.25) is 0 Å². The van der Waals surface area contributed by atoms with Crippen LogP contribution < -0.4 is 0 Å². The SMILES string of the molecule is Cn1c2cc(O)ccc2c2ccc(O)cc21. The average molecular weight is 213 g/mol. The smallest absolute Gasteiger partial charge is 0.117 e. The van der Waals surface area contributed by atoms with Gasteiger partial charge < -0.3 is 14.8 Å². The third-order valence-electron chi connectivity index (χ3n) is 2.98. The van der Waals surface area contributed by atoms with Crippen molar-refractivity contribution in [1.82, 2.24) is 4.57 Å². The zero-order valence-corrected chi connectivity index (χ0v) is 8.81. The second-order valence-electron chi connectivity index (χ2n) is 3.96. The molecule has 0 unspecified atom stereocenters. The van der Waals surface area contributed by atoms with Crippen molar-refractivity contribution in [3.8, 4) is 11.5 Å². The summed E-state index contributed by atoms with van der Waals surface area (Å²) < 4.78 is 1.96. The summed E-state index contributed by atoms with van der Waals surface area (Å²) in [7, 11) is 1.92. The summed E-state index contributed by atoms with van der Waals surface area (Å²) in [6, 6.07) is 10.6. The Labute approximate surface area is 92.2 Å². The van der Waals surface area contributed by atoms with E-state index in [0.717, 1.165) is 21.8 Å². The van der Waals surface area contributed by atoms with Gasteiger partial charge in [-0.05, 0) is 24.3 Å². The van der Waals surface area contributed by atoms with Crippen molar-refractivity contribution in [3.63, 3.8) is 0 Å². The highest BCUT2D eigenvalue weighted by Crippen LogP contribution is 2.31. The van der Waals surface area contributed by atoms with E-state index in [1.54, 1.807) is 24.3 Å². The van der Waals surface area contributed by atoms with E-state index in [2.05, 4.69) is 0 Å². The van der Waals surface area contributed by atoms with Crippen molar-refractivity contribution in [3.05, 3.63) is 36.4 Å². The molecule has 0 fully saturated rings. The van der Waals surface area contributed by atoms with Crippen LogP contribution in [0.15, 0.2) is 36.4 Å². The van der Waals surface area contributed by atoms with Gasteiger partial charge >= 0.3 is 0 Å². The van der Waals surface area contributed by atoms with E-state index < -0.39 is 0 Å². The van der Waals surface area contributed by atoms with Crippen molar-refractivity contribution in [2.75, 3.05) is 0 Å². The van der Waals surface area contributed by atoms with Crippen LogP contribution in [0.2, 0.25) is 0 Å². The molecule has 0 radical (unpaired) electrons. The van der Waals surface area contributed by atoms with Crippen LogP contribution in [0.25, 0.3) is 21.8 Å². The van der Waals surface area contributed by atoms with Crippen LogP contribution in [0, 0.1) is 0 Å². The molecule has 3 rings (SSSR count). The topological polar surface area (TPSA) is 45.4 Å². The number of hydrogen-bond donors (Lipinski definition) is 2. The monoisotopic (exact) mass is 213 g/mol. The van der Waals surface area contributed by atoms with Gasteiger partial charge in [0.1, 0.15) is 11.5 Å². The lowest BCUT2D eigenvalue weighted by molar-refractivity contribution is 0.475. The van der Waals surface area contributed by atoms with Gasteiger partial charge in [-0.1, -0.05) is 0 Å². The first kappa shape index (κ1) is 9.09. The Morgan fingerprint density at radius 2 is 1.25 bits per heavy atom. The Hall–Kier alpha value is -2.16. The predicted molar refractivity (Wildman–Crippen MR) is 63.8 cm³/mol. The quantitative estimate of drug-likeness (QED) is 0.603. The number of fused-ring (bicyclic) bond motifs is 3. The fourth-order valence-electron chi connectivity index (χ4n) is 2.18. The first-order valence-electron chi connectivity index (χ1n) is 5.07. The minimum atomic E-state index is 0.252. The van der Waals surface area contributed by atoms with E-state index in [-0.39, 0.29) is 11.5 Å². The number of benzene rings is 2. The van der Waals surface area contributed by atoms with E-state index in [1.165, 1.54) is 0 Å². The molecule has 80 valence electrons. The van der Waals surface area contributed by atoms with Gasteiger partial charge in [-0.15, -0.1) is 0 Å². The summed E-state index contributed by atoms with van der Waals surface area (Å²) >= 11 is 0. The maximum Gasteiger partial charge on any atom is 0.117 e. The van der Waals surface area contributed by atoms with Crippen LogP contribution in [0.5, 0.6) is 11.5 Å². The molecule has 2 N–H and O–H groups in total. The highest BCUT2D eigenvalue weighted by molar-refractivity contribution is 6.08. The summed E-state index contributed by atoms with van der Waals surface area (Å²) in [5.41, 5.74) is 1.92. The number of hydrogen-bond acceptors (Lipinski definition) is 2. The van der Waals surface area contributed by atoms with Crippen molar-refractivity contribution in [1.29, 1.82) is 0 Å². The first-order valence-corrected chi connectivity index (χ1v) is 5.07. The summed E-state index contributed by atoms with van der Waals surface area (Å²) in [6.07, 6.45) is 0. The normalized spacial score (nSPS) is 11.3. The molecule has 0 atom stereocenters. The fraction of sp³-hybridized carbons (Fsp3) is 0.0769. The van der Waals surface area contributed by atoms with Crippen molar-refractivity contribution >= 4 is 21.8 Å². The Morgan fingerprint density at radius 3 is 1.69 bits per heavy atom. The molecule has 0 aliphatic carbocycles. The average Bonchev–Trinajstić information content (AvgIpc) is 2.53. The van der Waals surface area contributed by atoms with Crippen LogP contribution in [-0.2, 0) is 7.05 Å². The van der Waals surface area contributed by atoms with Gasteiger partial charge in [0.2, 0.25) is 0 Å². The summed E-state index contributed by atoms with van der Waals surface area (Å²) in [6.45, 7) is 0. The Balaban J connectivity index is 2.59. The minimum absolute atomic E-state index is 0.252. The predicted octanol–water partition coefficient (Wildman–Crippen LogP) is 2.74. The molecule has 0 saturated carbocycles. The fourth-order valence-corrected chi connectivity index (χ4v) is 2.18. The highest BCUT2D eigenvalue weighted by Gasteiger charge is 2.08. The number of phenolic OH excluding ortho intramolecular Hbond substituents is 2. The van der Waals surface area contributed by atoms with E-state index in [1.807, 2.05) is 23.7 Å². The van der Waals surface area contributed by atoms with E-state index in [0.29, 0.717) is 0 Å². The van der Waals surface area contributed by atoms with Crippen LogP contribution in [0.4, 0.5) is 0 Å².